The molecule has 0 bridgehead atoms. The summed E-state index contributed by atoms with van der Waals surface area (Å²) >= 11 is 0. The molecule has 4 nitrogen and oxygen atoms in total. The third kappa shape index (κ3) is 3.96. The molecule has 0 radical (unpaired) electrons. The number of nitrogens with zero attached hydrogens (tertiary/aromatic N) is 1. The van der Waals surface area contributed by atoms with Crippen molar-refractivity contribution in [1.29, 1.82) is 0 Å². The van der Waals surface area contributed by atoms with Gasteiger partial charge in [-0.05, 0) is 38.2 Å². The van der Waals surface area contributed by atoms with Gasteiger partial charge in [0, 0.05) is 25.3 Å². The van der Waals surface area contributed by atoms with Gasteiger partial charge in [0.25, 0.3) is 0 Å². The lowest BCUT2D eigenvalue weighted by molar-refractivity contribution is -0.135. The maximum atomic E-state index is 11.8. The molecule has 0 heterocycles. The average Bonchev–Trinajstić information content (AvgIpc) is 2.42. The first-order valence-electron chi connectivity index (χ1n) is 6.99. The number of rotatable bonds is 4. The molecule has 0 unspecified atom stereocenters. The first kappa shape index (κ1) is 18.0. The molecule has 0 saturated heterocycles. The molecule has 1 N–H and O–H groups in total. The Morgan fingerprint density at radius 3 is 2.76 bits per heavy atom. The number of hydrogen-bond acceptors (Lipinski definition) is 4. The van der Waals surface area contributed by atoms with E-state index in [-0.39, 0.29) is 30.5 Å². The van der Waals surface area contributed by atoms with Crippen molar-refractivity contribution in [2.24, 2.45) is 5.92 Å². The molecular formula is C16H24ClNO3. The lowest BCUT2D eigenvalue weighted by Gasteiger charge is -2.41. The van der Waals surface area contributed by atoms with Gasteiger partial charge < -0.3 is 14.7 Å². The van der Waals surface area contributed by atoms with Crippen LogP contribution in [0.4, 0.5) is 0 Å². The smallest absolute Gasteiger partial charge is 0.136 e. The third-order valence-electron chi connectivity index (χ3n) is 4.07. The van der Waals surface area contributed by atoms with Crippen LogP contribution in [-0.4, -0.2) is 43.5 Å². The van der Waals surface area contributed by atoms with Crippen LogP contribution in [0.25, 0.3) is 0 Å². The number of ketones is 1. The molecule has 0 aromatic heterocycles. The van der Waals surface area contributed by atoms with Gasteiger partial charge in [-0.1, -0.05) is 12.1 Å². The van der Waals surface area contributed by atoms with Crippen LogP contribution in [0.1, 0.15) is 24.8 Å². The van der Waals surface area contributed by atoms with E-state index in [9.17, 15) is 9.90 Å². The van der Waals surface area contributed by atoms with Crippen LogP contribution in [-0.2, 0) is 10.4 Å². The Balaban J connectivity index is 0.00000220. The Morgan fingerprint density at radius 1 is 1.43 bits per heavy atom. The van der Waals surface area contributed by atoms with Gasteiger partial charge >= 0.3 is 0 Å². The number of halogens is 1. The van der Waals surface area contributed by atoms with E-state index in [1.54, 1.807) is 7.11 Å². The molecule has 0 aliphatic heterocycles. The molecule has 2 atom stereocenters. The molecule has 0 amide bonds. The topological polar surface area (TPSA) is 49.8 Å². The van der Waals surface area contributed by atoms with Gasteiger partial charge in [-0.15, -0.1) is 12.4 Å². The average molecular weight is 314 g/mol. The lowest BCUT2D eigenvalue weighted by atomic mass is 9.71. The van der Waals surface area contributed by atoms with Gasteiger partial charge in [-0.3, -0.25) is 4.79 Å². The quantitative estimate of drug-likeness (QED) is 0.926. The highest BCUT2D eigenvalue weighted by Crippen LogP contribution is 2.41. The van der Waals surface area contributed by atoms with E-state index in [1.165, 1.54) is 0 Å². The molecule has 1 fully saturated rings. The highest BCUT2D eigenvalue weighted by molar-refractivity contribution is 5.85. The minimum Gasteiger partial charge on any atom is -0.497 e. The number of benzene rings is 1. The number of methoxy groups -OCH3 is 1. The van der Waals surface area contributed by atoms with Crippen molar-refractivity contribution >= 4 is 18.2 Å². The van der Waals surface area contributed by atoms with Crippen molar-refractivity contribution in [3.05, 3.63) is 29.8 Å². The lowest BCUT2D eigenvalue weighted by Crippen LogP contribution is -2.45. The zero-order chi connectivity index (χ0) is 14.8. The van der Waals surface area contributed by atoms with Crippen LogP contribution in [0.5, 0.6) is 5.75 Å². The Morgan fingerprint density at radius 2 is 2.14 bits per heavy atom. The molecule has 5 heteroatoms. The summed E-state index contributed by atoms with van der Waals surface area (Å²) in [5.74, 6) is 0.894. The van der Waals surface area contributed by atoms with Gasteiger partial charge in [-0.2, -0.15) is 0 Å². The van der Waals surface area contributed by atoms with Crippen molar-refractivity contribution in [2.75, 3.05) is 27.7 Å². The van der Waals surface area contributed by atoms with Gasteiger partial charge in [0.15, 0.2) is 0 Å². The molecule has 1 aliphatic rings. The summed E-state index contributed by atoms with van der Waals surface area (Å²) in [7, 11) is 5.58. The number of carbonyl (C=O) groups excluding carboxylic acids is 1. The van der Waals surface area contributed by atoms with Gasteiger partial charge in [0.05, 0.1) is 7.11 Å². The van der Waals surface area contributed by atoms with Crippen molar-refractivity contribution in [1.82, 2.24) is 4.90 Å². The predicted molar refractivity (Wildman–Crippen MR) is 85.0 cm³/mol. The zero-order valence-electron chi connectivity index (χ0n) is 12.8. The molecule has 1 aromatic rings. The SMILES string of the molecule is COc1cccc([C@@]2(O)CC(=O)CC[C@H]2CN(C)C)c1.Cl. The Hall–Kier alpha value is -1.10. The standard InChI is InChI=1S/C16H23NO3.ClH/c1-17(2)11-13-7-8-14(18)10-16(13,19)12-5-4-6-15(9-12)20-3;/h4-6,9,13,19H,7-8,10-11H2,1-3H3;1H/t13-,16-;/m0./s1. The molecule has 118 valence electrons. The summed E-state index contributed by atoms with van der Waals surface area (Å²) in [6, 6.07) is 7.42. The van der Waals surface area contributed by atoms with E-state index in [1.807, 2.05) is 38.4 Å². The Labute approximate surface area is 132 Å². The second kappa shape index (κ2) is 7.25. The summed E-state index contributed by atoms with van der Waals surface area (Å²) in [5, 5.41) is 11.1. The number of aliphatic hydroxyl groups is 1. The summed E-state index contributed by atoms with van der Waals surface area (Å²) in [4.78, 5) is 13.9. The van der Waals surface area contributed by atoms with Crippen LogP contribution < -0.4 is 4.74 Å². The van der Waals surface area contributed by atoms with E-state index >= 15 is 0 Å². The maximum Gasteiger partial charge on any atom is 0.136 e. The fraction of sp³-hybridized carbons (Fsp3) is 0.562. The van der Waals surface area contributed by atoms with Gasteiger partial charge in [0.2, 0.25) is 0 Å². The third-order valence-corrected chi connectivity index (χ3v) is 4.07. The summed E-state index contributed by atoms with van der Waals surface area (Å²) in [5.41, 5.74) is -0.314. The van der Waals surface area contributed by atoms with E-state index < -0.39 is 5.60 Å². The van der Waals surface area contributed by atoms with Crippen molar-refractivity contribution in [2.45, 2.75) is 24.9 Å². The van der Waals surface area contributed by atoms with Crippen LogP contribution in [0.2, 0.25) is 0 Å². The van der Waals surface area contributed by atoms with Crippen LogP contribution >= 0.6 is 12.4 Å². The highest BCUT2D eigenvalue weighted by Gasteiger charge is 2.43. The fourth-order valence-corrected chi connectivity index (χ4v) is 3.02. The predicted octanol–water partition coefficient (Wildman–Crippen LogP) is 2.24. The highest BCUT2D eigenvalue weighted by atomic mass is 35.5. The van der Waals surface area contributed by atoms with Gasteiger partial charge in [0.1, 0.15) is 17.1 Å². The Bertz CT molecular complexity index is 492. The summed E-state index contributed by atoms with van der Waals surface area (Å²) in [6.45, 7) is 0.765. The number of hydrogen-bond donors (Lipinski definition) is 1. The van der Waals surface area contributed by atoms with E-state index in [0.717, 1.165) is 18.5 Å². The minimum absolute atomic E-state index is 0. The second-order valence-corrected chi connectivity index (χ2v) is 5.87. The van der Waals surface area contributed by atoms with Crippen molar-refractivity contribution in [3.8, 4) is 5.75 Å². The monoisotopic (exact) mass is 313 g/mol. The fourth-order valence-electron chi connectivity index (χ4n) is 3.02. The molecule has 0 spiro atoms. The molecule has 2 rings (SSSR count). The number of Topliss-reactive ketones (excluding diaryl/α,β-unsaturated/α-hetero) is 1. The largest absolute Gasteiger partial charge is 0.497 e. The number of carbonyl (C=O) groups is 1. The van der Waals surface area contributed by atoms with Crippen LogP contribution in [0.3, 0.4) is 0 Å². The van der Waals surface area contributed by atoms with Crippen molar-refractivity contribution < 1.29 is 14.6 Å². The first-order chi connectivity index (χ1) is 9.45. The minimum atomic E-state index is -1.09. The van der Waals surface area contributed by atoms with E-state index in [0.29, 0.717) is 12.2 Å². The zero-order valence-corrected chi connectivity index (χ0v) is 13.7. The van der Waals surface area contributed by atoms with Gasteiger partial charge in [-0.25, -0.2) is 0 Å². The maximum absolute atomic E-state index is 11.8. The van der Waals surface area contributed by atoms with E-state index in [2.05, 4.69) is 4.90 Å². The number of ether oxygens (including phenoxy) is 1. The van der Waals surface area contributed by atoms with Crippen molar-refractivity contribution in [3.63, 3.8) is 0 Å². The molecular weight excluding hydrogens is 290 g/mol. The molecule has 1 saturated carbocycles. The molecule has 21 heavy (non-hydrogen) atoms. The molecule has 1 aliphatic carbocycles. The first-order valence-corrected chi connectivity index (χ1v) is 6.99. The van der Waals surface area contributed by atoms with Crippen LogP contribution in [0, 0.1) is 5.92 Å². The second-order valence-electron chi connectivity index (χ2n) is 5.87. The normalized spacial score (nSPS) is 25.6. The summed E-state index contributed by atoms with van der Waals surface area (Å²) in [6.07, 6.45) is 1.48. The Kier molecular flexibility index (Phi) is 6.20. The molecule has 1 aromatic carbocycles. The summed E-state index contributed by atoms with van der Waals surface area (Å²) < 4.78 is 5.23. The van der Waals surface area contributed by atoms with E-state index in [4.69, 9.17) is 4.74 Å². The van der Waals surface area contributed by atoms with Crippen LogP contribution in [0.15, 0.2) is 24.3 Å².